The summed E-state index contributed by atoms with van der Waals surface area (Å²) in [6, 6.07) is 5.91. The van der Waals surface area contributed by atoms with Crippen molar-refractivity contribution in [3.8, 4) is 11.3 Å². The fourth-order valence-electron chi connectivity index (χ4n) is 4.51. The molecule has 1 aliphatic carbocycles. The number of aromatic amines is 1. The van der Waals surface area contributed by atoms with E-state index in [9.17, 15) is 4.79 Å². The second-order valence-corrected chi connectivity index (χ2v) is 9.31. The van der Waals surface area contributed by atoms with E-state index in [1.54, 1.807) is 12.2 Å². The summed E-state index contributed by atoms with van der Waals surface area (Å²) in [5, 5.41) is 8.22. The number of nitrogens with zero attached hydrogens (tertiary/aromatic N) is 2. The molecule has 2 aliphatic rings. The molecule has 4 rings (SSSR count). The van der Waals surface area contributed by atoms with E-state index in [0.717, 1.165) is 40.8 Å². The SMILES string of the molecule is C=C/C(=C\C(=C)Cl)C(C)N1Cc2cc(-c3n[nH]c4c3CC(C)(C)C4)ccc2C1=O. The first-order valence-corrected chi connectivity index (χ1v) is 10.3. The third kappa shape index (κ3) is 3.46. The van der Waals surface area contributed by atoms with E-state index < -0.39 is 0 Å². The zero-order chi connectivity index (χ0) is 20.9. The fourth-order valence-corrected chi connectivity index (χ4v) is 4.64. The molecule has 0 saturated carbocycles. The Morgan fingerprint density at radius 1 is 1.38 bits per heavy atom. The Kier molecular flexibility index (Phi) is 4.78. The van der Waals surface area contributed by atoms with Gasteiger partial charge in [0.05, 0.1) is 11.7 Å². The lowest BCUT2D eigenvalue weighted by Gasteiger charge is -2.25. The third-order valence-electron chi connectivity index (χ3n) is 5.98. The monoisotopic (exact) mass is 407 g/mol. The first-order valence-electron chi connectivity index (χ1n) is 9.89. The first kappa shape index (κ1) is 19.7. The molecule has 0 radical (unpaired) electrons. The van der Waals surface area contributed by atoms with Crippen LogP contribution in [0.1, 0.15) is 48.0 Å². The zero-order valence-corrected chi connectivity index (χ0v) is 17.9. The van der Waals surface area contributed by atoms with E-state index in [0.29, 0.717) is 11.6 Å². The van der Waals surface area contributed by atoms with E-state index in [-0.39, 0.29) is 17.4 Å². The Bertz CT molecular complexity index is 1060. The highest BCUT2D eigenvalue weighted by atomic mass is 35.5. The van der Waals surface area contributed by atoms with Crippen LogP contribution in [-0.4, -0.2) is 27.0 Å². The van der Waals surface area contributed by atoms with Crippen molar-refractivity contribution < 1.29 is 4.79 Å². The number of benzene rings is 1. The smallest absolute Gasteiger partial charge is 0.255 e. The molecule has 4 nitrogen and oxygen atoms in total. The average Bonchev–Trinajstić information content (AvgIpc) is 3.28. The lowest BCUT2D eigenvalue weighted by atomic mass is 9.90. The van der Waals surface area contributed by atoms with Crippen LogP contribution in [0.3, 0.4) is 0 Å². The number of amides is 1. The van der Waals surface area contributed by atoms with Gasteiger partial charge in [0.1, 0.15) is 0 Å². The predicted molar refractivity (Wildman–Crippen MR) is 118 cm³/mol. The maximum absolute atomic E-state index is 13.0. The van der Waals surface area contributed by atoms with Crippen molar-refractivity contribution in [2.75, 3.05) is 0 Å². The van der Waals surface area contributed by atoms with Crippen molar-refractivity contribution in [1.29, 1.82) is 0 Å². The van der Waals surface area contributed by atoms with Gasteiger partial charge in [-0.15, -0.1) is 0 Å². The van der Waals surface area contributed by atoms with Crippen molar-refractivity contribution in [3.63, 3.8) is 0 Å². The zero-order valence-electron chi connectivity index (χ0n) is 17.2. The number of fused-ring (bicyclic) bond motifs is 2. The molecule has 2 aromatic rings. The molecule has 1 atom stereocenters. The van der Waals surface area contributed by atoms with E-state index in [1.165, 1.54) is 11.3 Å². The molecule has 2 heterocycles. The Balaban J connectivity index is 1.64. The number of hydrogen-bond acceptors (Lipinski definition) is 2. The largest absolute Gasteiger partial charge is 0.328 e. The van der Waals surface area contributed by atoms with Gasteiger partial charge in [-0.3, -0.25) is 9.89 Å². The second-order valence-electron chi connectivity index (χ2n) is 8.82. The summed E-state index contributed by atoms with van der Waals surface area (Å²) in [6.45, 7) is 14.7. The first-order chi connectivity index (χ1) is 13.7. The van der Waals surface area contributed by atoms with E-state index >= 15 is 0 Å². The van der Waals surface area contributed by atoms with Crippen LogP contribution < -0.4 is 0 Å². The summed E-state index contributed by atoms with van der Waals surface area (Å²) in [4.78, 5) is 14.8. The van der Waals surface area contributed by atoms with Gasteiger partial charge in [0.25, 0.3) is 5.91 Å². The summed E-state index contributed by atoms with van der Waals surface area (Å²) >= 11 is 5.94. The van der Waals surface area contributed by atoms with Gasteiger partial charge in [0.15, 0.2) is 0 Å². The molecule has 1 aromatic heterocycles. The molecule has 0 fully saturated rings. The molecule has 150 valence electrons. The number of allylic oxidation sites excluding steroid dienone is 2. The Hall–Kier alpha value is -2.59. The van der Waals surface area contributed by atoms with Gasteiger partial charge in [-0.2, -0.15) is 5.10 Å². The predicted octanol–water partition coefficient (Wildman–Crippen LogP) is 5.41. The van der Waals surface area contributed by atoms with E-state index in [4.69, 9.17) is 11.6 Å². The van der Waals surface area contributed by atoms with Crippen molar-refractivity contribution in [2.45, 2.75) is 46.2 Å². The highest BCUT2D eigenvalue weighted by molar-refractivity contribution is 6.30. The number of carbonyl (C=O) groups is 1. The lowest BCUT2D eigenvalue weighted by molar-refractivity contribution is 0.0743. The topological polar surface area (TPSA) is 49.0 Å². The minimum Gasteiger partial charge on any atom is -0.328 e. The van der Waals surface area contributed by atoms with Crippen molar-refractivity contribution in [2.24, 2.45) is 5.41 Å². The normalized spacial score (nSPS) is 18.6. The van der Waals surface area contributed by atoms with Crippen LogP contribution in [0.15, 0.2) is 54.1 Å². The quantitative estimate of drug-likeness (QED) is 0.673. The maximum atomic E-state index is 13.0. The molecule has 5 heteroatoms. The molecule has 1 aromatic carbocycles. The summed E-state index contributed by atoms with van der Waals surface area (Å²) in [6.07, 6.45) is 5.53. The number of H-pyrrole nitrogens is 1. The molecule has 1 unspecified atom stereocenters. The van der Waals surface area contributed by atoms with Gasteiger partial charge in [0.2, 0.25) is 0 Å². The Morgan fingerprint density at radius 3 is 2.83 bits per heavy atom. The van der Waals surface area contributed by atoms with Crippen LogP contribution in [0.5, 0.6) is 0 Å². The van der Waals surface area contributed by atoms with Gasteiger partial charge < -0.3 is 4.90 Å². The van der Waals surface area contributed by atoms with E-state index in [2.05, 4.69) is 43.3 Å². The van der Waals surface area contributed by atoms with Gasteiger partial charge in [0, 0.05) is 34.0 Å². The number of aromatic nitrogens is 2. The van der Waals surface area contributed by atoms with E-state index in [1.807, 2.05) is 24.0 Å². The molecular formula is C24H26ClN3O. The molecule has 0 bridgehead atoms. The summed E-state index contributed by atoms with van der Waals surface area (Å²) in [5.74, 6) is 0.0281. The molecule has 1 N–H and O–H groups in total. The van der Waals surface area contributed by atoms with Crippen LogP contribution in [0.25, 0.3) is 11.3 Å². The standard InChI is InChI=1S/C24H26ClN3O/c1-6-16(9-14(2)25)15(3)28-13-18-10-17(7-8-19(18)23(28)29)22-20-11-24(4,5)12-21(20)26-27-22/h6-10,15H,1-2,11-13H2,3-5H3,(H,26,27)/b16-9+. The fraction of sp³-hybridized carbons (Fsp3) is 0.333. The maximum Gasteiger partial charge on any atom is 0.255 e. The van der Waals surface area contributed by atoms with Crippen molar-refractivity contribution in [3.05, 3.63) is 76.5 Å². The number of halogens is 1. The minimum atomic E-state index is -0.137. The molecule has 0 saturated heterocycles. The van der Waals surface area contributed by atoms with Crippen LogP contribution in [0.4, 0.5) is 0 Å². The van der Waals surface area contributed by atoms with Crippen LogP contribution >= 0.6 is 11.6 Å². The van der Waals surface area contributed by atoms with Crippen LogP contribution in [0, 0.1) is 5.41 Å². The highest BCUT2D eigenvalue weighted by Crippen LogP contribution is 2.40. The molecule has 29 heavy (non-hydrogen) atoms. The number of rotatable bonds is 5. The van der Waals surface area contributed by atoms with Gasteiger partial charge >= 0.3 is 0 Å². The average molecular weight is 408 g/mol. The number of hydrogen-bond donors (Lipinski definition) is 1. The molecule has 0 spiro atoms. The van der Waals surface area contributed by atoms with Crippen molar-refractivity contribution in [1.82, 2.24) is 15.1 Å². The number of carbonyl (C=O) groups excluding carboxylic acids is 1. The molecular weight excluding hydrogens is 382 g/mol. The Morgan fingerprint density at radius 2 is 2.14 bits per heavy atom. The number of nitrogens with one attached hydrogen (secondary N) is 1. The van der Waals surface area contributed by atoms with Gasteiger partial charge in [-0.25, -0.2) is 0 Å². The third-order valence-corrected chi connectivity index (χ3v) is 6.09. The van der Waals surface area contributed by atoms with Crippen LogP contribution in [0.2, 0.25) is 0 Å². The summed E-state index contributed by atoms with van der Waals surface area (Å²) in [5.41, 5.74) is 7.53. The molecule has 1 amide bonds. The summed E-state index contributed by atoms with van der Waals surface area (Å²) in [7, 11) is 0. The second kappa shape index (κ2) is 7.03. The highest BCUT2D eigenvalue weighted by Gasteiger charge is 2.35. The molecule has 1 aliphatic heterocycles. The minimum absolute atomic E-state index is 0.0281. The van der Waals surface area contributed by atoms with Crippen LogP contribution in [-0.2, 0) is 19.4 Å². The van der Waals surface area contributed by atoms with Crippen molar-refractivity contribution >= 4 is 17.5 Å². The lowest BCUT2D eigenvalue weighted by Crippen LogP contribution is -2.34. The van der Waals surface area contributed by atoms with Gasteiger partial charge in [-0.1, -0.05) is 50.7 Å². The Labute approximate surface area is 177 Å². The van der Waals surface area contributed by atoms with Gasteiger partial charge in [-0.05, 0) is 54.5 Å². The summed E-state index contributed by atoms with van der Waals surface area (Å²) < 4.78 is 0.